The number of hydrogen-bond acceptors (Lipinski definition) is 4. The van der Waals surface area contributed by atoms with Gasteiger partial charge in [-0.05, 0) is 23.6 Å². The van der Waals surface area contributed by atoms with Gasteiger partial charge in [-0.15, -0.1) is 22.7 Å². The van der Waals surface area contributed by atoms with E-state index in [1.54, 1.807) is 12.1 Å². The lowest BCUT2D eigenvalue weighted by Crippen LogP contribution is -1.92. The highest BCUT2D eigenvalue weighted by Gasteiger charge is 2.11. The Hall–Kier alpha value is -0.980. The fourth-order valence-corrected chi connectivity index (χ4v) is 4.31. The average molecular weight is 272 g/mol. The number of carboxylic acid groups (broad SMARTS) is 1. The first-order valence-electron chi connectivity index (χ1n) is 4.40. The SMILES string of the molecule is O=C(O)c1ccc(CS(=O)c2cccs2)s1. The van der Waals surface area contributed by atoms with Gasteiger partial charge in [0, 0.05) is 4.88 Å². The first-order chi connectivity index (χ1) is 7.66. The molecule has 6 heteroatoms. The minimum absolute atomic E-state index is 0.290. The smallest absolute Gasteiger partial charge is 0.345 e. The van der Waals surface area contributed by atoms with Gasteiger partial charge in [0.15, 0.2) is 0 Å². The van der Waals surface area contributed by atoms with Crippen LogP contribution in [0.25, 0.3) is 0 Å². The number of carboxylic acids is 1. The number of carbonyl (C=O) groups is 1. The molecule has 0 aromatic carbocycles. The van der Waals surface area contributed by atoms with Crippen molar-refractivity contribution in [1.82, 2.24) is 0 Å². The van der Waals surface area contributed by atoms with E-state index in [9.17, 15) is 9.00 Å². The Morgan fingerprint density at radius 1 is 1.38 bits per heavy atom. The number of thiophene rings is 2. The summed E-state index contributed by atoms with van der Waals surface area (Å²) in [5.41, 5.74) is 0. The van der Waals surface area contributed by atoms with Gasteiger partial charge in [-0.1, -0.05) is 6.07 Å². The van der Waals surface area contributed by atoms with E-state index >= 15 is 0 Å². The topological polar surface area (TPSA) is 54.4 Å². The van der Waals surface area contributed by atoms with Gasteiger partial charge in [-0.25, -0.2) is 4.79 Å². The van der Waals surface area contributed by atoms with Crippen LogP contribution in [0, 0.1) is 0 Å². The van der Waals surface area contributed by atoms with Crippen LogP contribution in [-0.2, 0) is 16.6 Å². The van der Waals surface area contributed by atoms with Gasteiger partial charge in [-0.2, -0.15) is 0 Å². The third kappa shape index (κ3) is 2.58. The van der Waals surface area contributed by atoms with Crippen molar-refractivity contribution in [3.8, 4) is 0 Å². The molecule has 1 N–H and O–H groups in total. The van der Waals surface area contributed by atoms with Crippen molar-refractivity contribution in [3.05, 3.63) is 39.4 Å². The lowest BCUT2D eigenvalue weighted by atomic mass is 10.4. The molecule has 1 unspecified atom stereocenters. The van der Waals surface area contributed by atoms with Crippen molar-refractivity contribution in [2.24, 2.45) is 0 Å². The summed E-state index contributed by atoms with van der Waals surface area (Å²) in [7, 11) is -1.07. The third-order valence-electron chi connectivity index (χ3n) is 1.87. The molecule has 2 aromatic heterocycles. The Labute approximate surface area is 103 Å². The maximum atomic E-state index is 11.8. The highest BCUT2D eigenvalue weighted by Crippen LogP contribution is 2.22. The lowest BCUT2D eigenvalue weighted by molar-refractivity contribution is 0.0702. The molecule has 0 aliphatic rings. The van der Waals surface area contributed by atoms with E-state index in [1.807, 2.05) is 17.5 Å². The van der Waals surface area contributed by atoms with Gasteiger partial charge in [0.25, 0.3) is 0 Å². The van der Waals surface area contributed by atoms with E-state index in [-0.39, 0.29) is 4.88 Å². The van der Waals surface area contributed by atoms with E-state index in [4.69, 9.17) is 5.11 Å². The Bertz CT molecular complexity index is 513. The van der Waals surface area contributed by atoms with Crippen LogP contribution >= 0.6 is 22.7 Å². The van der Waals surface area contributed by atoms with Gasteiger partial charge in [0.1, 0.15) is 4.88 Å². The van der Waals surface area contributed by atoms with Gasteiger partial charge >= 0.3 is 5.97 Å². The molecule has 3 nitrogen and oxygen atoms in total. The van der Waals surface area contributed by atoms with E-state index < -0.39 is 16.8 Å². The largest absolute Gasteiger partial charge is 0.477 e. The molecule has 0 amide bonds. The fraction of sp³-hybridized carbons (Fsp3) is 0.100. The second-order valence-corrected chi connectivity index (χ2v) is 6.79. The maximum absolute atomic E-state index is 11.8. The van der Waals surface area contributed by atoms with E-state index in [0.717, 1.165) is 9.09 Å². The van der Waals surface area contributed by atoms with Gasteiger partial charge in [0.2, 0.25) is 0 Å². The van der Waals surface area contributed by atoms with Crippen LogP contribution in [0.5, 0.6) is 0 Å². The van der Waals surface area contributed by atoms with Crippen LogP contribution in [0.4, 0.5) is 0 Å². The lowest BCUT2D eigenvalue weighted by Gasteiger charge is -1.95. The summed E-state index contributed by atoms with van der Waals surface area (Å²) in [5.74, 6) is -0.545. The molecule has 84 valence electrons. The summed E-state index contributed by atoms with van der Waals surface area (Å²) >= 11 is 2.63. The zero-order valence-electron chi connectivity index (χ0n) is 8.08. The molecule has 0 radical (unpaired) electrons. The van der Waals surface area contributed by atoms with E-state index in [0.29, 0.717) is 5.75 Å². The number of rotatable bonds is 4. The van der Waals surface area contributed by atoms with Crippen molar-refractivity contribution in [3.63, 3.8) is 0 Å². The van der Waals surface area contributed by atoms with Crippen LogP contribution in [0.3, 0.4) is 0 Å². The molecule has 2 aromatic rings. The Balaban J connectivity index is 2.09. The van der Waals surface area contributed by atoms with Crippen molar-refractivity contribution in [2.75, 3.05) is 0 Å². The quantitative estimate of drug-likeness (QED) is 0.931. The molecule has 2 heterocycles. The summed E-state index contributed by atoms with van der Waals surface area (Å²) in [6, 6.07) is 6.95. The summed E-state index contributed by atoms with van der Waals surface area (Å²) < 4.78 is 12.7. The van der Waals surface area contributed by atoms with Crippen LogP contribution in [0.1, 0.15) is 14.5 Å². The highest BCUT2D eigenvalue weighted by atomic mass is 32.2. The van der Waals surface area contributed by atoms with Gasteiger partial charge in [0.05, 0.1) is 20.8 Å². The van der Waals surface area contributed by atoms with Crippen molar-refractivity contribution in [1.29, 1.82) is 0 Å². The maximum Gasteiger partial charge on any atom is 0.345 e. The fourth-order valence-electron chi connectivity index (χ4n) is 1.16. The number of hydrogen-bond donors (Lipinski definition) is 1. The standard InChI is InChI=1S/C10H8O3S3/c11-10(12)8-4-3-7(15-8)6-16(13)9-2-1-5-14-9/h1-5H,6H2,(H,11,12). The molecular formula is C10H8O3S3. The monoisotopic (exact) mass is 272 g/mol. The second kappa shape index (κ2) is 4.90. The molecule has 0 aliphatic heterocycles. The molecule has 2 rings (SSSR count). The Kier molecular flexibility index (Phi) is 3.52. The van der Waals surface area contributed by atoms with Crippen LogP contribution in [-0.4, -0.2) is 15.3 Å². The van der Waals surface area contributed by atoms with E-state index in [1.165, 1.54) is 22.7 Å². The van der Waals surface area contributed by atoms with Gasteiger partial charge in [-0.3, -0.25) is 4.21 Å². The Morgan fingerprint density at radius 2 is 2.19 bits per heavy atom. The zero-order chi connectivity index (χ0) is 11.5. The first kappa shape index (κ1) is 11.5. The highest BCUT2D eigenvalue weighted by molar-refractivity contribution is 7.86. The predicted octanol–water partition coefficient (Wildman–Crippen LogP) is 2.82. The Morgan fingerprint density at radius 3 is 2.75 bits per heavy atom. The van der Waals surface area contributed by atoms with Crippen LogP contribution in [0.2, 0.25) is 0 Å². The summed E-state index contributed by atoms with van der Waals surface area (Å²) in [6.45, 7) is 0. The number of aromatic carboxylic acids is 1. The molecule has 0 saturated carbocycles. The molecule has 0 fully saturated rings. The molecule has 0 spiro atoms. The minimum Gasteiger partial charge on any atom is -0.477 e. The predicted molar refractivity (Wildman–Crippen MR) is 65.7 cm³/mol. The van der Waals surface area contributed by atoms with Crippen LogP contribution < -0.4 is 0 Å². The molecule has 0 bridgehead atoms. The molecule has 0 saturated heterocycles. The van der Waals surface area contributed by atoms with Crippen molar-refractivity contribution >= 4 is 39.4 Å². The summed E-state index contributed by atoms with van der Waals surface area (Å²) in [4.78, 5) is 11.8. The molecular weight excluding hydrogens is 264 g/mol. The van der Waals surface area contributed by atoms with Crippen molar-refractivity contribution < 1.29 is 14.1 Å². The average Bonchev–Trinajstić information content (AvgIpc) is 2.87. The minimum atomic E-state index is -1.07. The summed E-state index contributed by atoms with van der Waals surface area (Å²) in [5, 5.41) is 10.6. The van der Waals surface area contributed by atoms with Crippen LogP contribution in [0.15, 0.2) is 33.9 Å². The summed E-state index contributed by atoms with van der Waals surface area (Å²) in [6.07, 6.45) is 0. The van der Waals surface area contributed by atoms with Crippen molar-refractivity contribution in [2.45, 2.75) is 9.96 Å². The zero-order valence-corrected chi connectivity index (χ0v) is 10.5. The normalized spacial score (nSPS) is 12.5. The molecule has 16 heavy (non-hydrogen) atoms. The van der Waals surface area contributed by atoms with E-state index in [2.05, 4.69) is 0 Å². The van der Waals surface area contributed by atoms with Gasteiger partial charge < -0.3 is 5.11 Å². The first-order valence-corrected chi connectivity index (χ1v) is 7.42. The second-order valence-electron chi connectivity index (χ2n) is 2.99. The molecule has 1 atom stereocenters. The third-order valence-corrected chi connectivity index (χ3v) is 5.79. The molecule has 0 aliphatic carbocycles.